The summed E-state index contributed by atoms with van der Waals surface area (Å²) in [5.74, 6) is 3.92. The van der Waals surface area contributed by atoms with Gasteiger partial charge in [0.1, 0.15) is 0 Å². The predicted octanol–water partition coefficient (Wildman–Crippen LogP) is 4.86. The third-order valence-electron chi connectivity index (χ3n) is 3.50. The zero-order chi connectivity index (χ0) is 14.8. The van der Waals surface area contributed by atoms with E-state index < -0.39 is 0 Å². The van der Waals surface area contributed by atoms with Gasteiger partial charge in [-0.25, -0.2) is 0 Å². The lowest BCUT2D eigenvalue weighted by atomic mass is 9.93. The molecule has 0 bridgehead atoms. The normalized spacial score (nSPS) is 12.8. The minimum atomic E-state index is 0.658. The fraction of sp³-hybridized carbons (Fsp3) is 0.667. The largest absolute Gasteiger partial charge is 0.316 e. The summed E-state index contributed by atoms with van der Waals surface area (Å²) in [4.78, 5) is 0. The molecule has 0 aromatic heterocycles. The summed E-state index contributed by atoms with van der Waals surface area (Å²) in [6, 6.07) is 9.03. The van der Waals surface area contributed by atoms with Gasteiger partial charge in [-0.1, -0.05) is 50.6 Å². The summed E-state index contributed by atoms with van der Waals surface area (Å²) in [6.07, 6.45) is 2.61. The molecule has 0 fully saturated rings. The molecule has 0 saturated heterocycles. The highest BCUT2D eigenvalue weighted by molar-refractivity contribution is 7.99. The van der Waals surface area contributed by atoms with Gasteiger partial charge < -0.3 is 5.32 Å². The number of hydrogen-bond donors (Lipinski definition) is 1. The van der Waals surface area contributed by atoms with Crippen molar-refractivity contribution in [2.75, 3.05) is 24.6 Å². The van der Waals surface area contributed by atoms with E-state index in [0.29, 0.717) is 5.92 Å². The molecule has 1 unspecified atom stereocenters. The fourth-order valence-corrected chi connectivity index (χ4v) is 3.09. The van der Waals surface area contributed by atoms with E-state index in [1.165, 1.54) is 35.5 Å². The van der Waals surface area contributed by atoms with Crippen LogP contribution in [0.2, 0.25) is 0 Å². The van der Waals surface area contributed by atoms with E-state index in [4.69, 9.17) is 0 Å². The van der Waals surface area contributed by atoms with Crippen molar-refractivity contribution in [1.29, 1.82) is 0 Å². The van der Waals surface area contributed by atoms with Gasteiger partial charge in [-0.05, 0) is 55.2 Å². The Hall–Kier alpha value is -0.470. The van der Waals surface area contributed by atoms with Crippen LogP contribution in [-0.4, -0.2) is 24.6 Å². The quantitative estimate of drug-likeness (QED) is 0.618. The van der Waals surface area contributed by atoms with Crippen LogP contribution < -0.4 is 5.32 Å². The van der Waals surface area contributed by atoms with Crippen LogP contribution in [0.15, 0.2) is 24.3 Å². The number of thioether (sulfide) groups is 1. The van der Waals surface area contributed by atoms with Crippen molar-refractivity contribution in [1.82, 2.24) is 5.32 Å². The molecule has 0 heterocycles. The Bertz CT molecular complexity index is 362. The lowest BCUT2D eigenvalue weighted by Gasteiger charge is -2.19. The summed E-state index contributed by atoms with van der Waals surface area (Å²) < 4.78 is 0. The van der Waals surface area contributed by atoms with E-state index in [-0.39, 0.29) is 0 Å². The van der Waals surface area contributed by atoms with Gasteiger partial charge in [-0.15, -0.1) is 0 Å². The van der Waals surface area contributed by atoms with Crippen molar-refractivity contribution >= 4 is 11.8 Å². The Morgan fingerprint density at radius 1 is 1.20 bits per heavy atom. The summed E-state index contributed by atoms with van der Waals surface area (Å²) >= 11 is 2.06. The maximum absolute atomic E-state index is 3.64. The SMILES string of the molecule is CCSCCCC(CNCC(C)C)c1cccc(C)c1. The molecule has 1 aromatic carbocycles. The van der Waals surface area contributed by atoms with E-state index in [1.807, 2.05) is 0 Å². The Morgan fingerprint density at radius 3 is 2.65 bits per heavy atom. The number of rotatable bonds is 10. The van der Waals surface area contributed by atoms with Crippen LogP contribution in [0.4, 0.5) is 0 Å². The van der Waals surface area contributed by atoms with E-state index >= 15 is 0 Å². The first-order chi connectivity index (χ1) is 9.63. The monoisotopic (exact) mass is 293 g/mol. The van der Waals surface area contributed by atoms with E-state index in [1.54, 1.807) is 0 Å². The molecular formula is C18H31NS. The topological polar surface area (TPSA) is 12.0 Å². The van der Waals surface area contributed by atoms with Crippen LogP contribution in [0.5, 0.6) is 0 Å². The maximum atomic E-state index is 3.64. The van der Waals surface area contributed by atoms with Crippen LogP contribution >= 0.6 is 11.8 Å². The van der Waals surface area contributed by atoms with Crippen LogP contribution in [-0.2, 0) is 0 Å². The highest BCUT2D eigenvalue weighted by Gasteiger charge is 2.11. The van der Waals surface area contributed by atoms with E-state index in [2.05, 4.69) is 69.0 Å². The van der Waals surface area contributed by atoms with Crippen molar-refractivity contribution in [2.45, 2.75) is 46.5 Å². The average Bonchev–Trinajstić information content (AvgIpc) is 2.41. The summed E-state index contributed by atoms with van der Waals surface area (Å²) in [5, 5.41) is 3.64. The highest BCUT2D eigenvalue weighted by atomic mass is 32.2. The third-order valence-corrected chi connectivity index (χ3v) is 4.49. The van der Waals surface area contributed by atoms with Gasteiger partial charge in [0, 0.05) is 6.54 Å². The second kappa shape index (κ2) is 10.3. The number of nitrogens with one attached hydrogen (secondary N) is 1. The molecule has 1 atom stereocenters. The van der Waals surface area contributed by atoms with Gasteiger partial charge in [-0.3, -0.25) is 0 Å². The average molecular weight is 294 g/mol. The van der Waals surface area contributed by atoms with Crippen molar-refractivity contribution in [2.24, 2.45) is 5.92 Å². The number of hydrogen-bond acceptors (Lipinski definition) is 2. The first-order valence-corrected chi connectivity index (χ1v) is 9.14. The molecule has 114 valence electrons. The first-order valence-electron chi connectivity index (χ1n) is 7.98. The Morgan fingerprint density at radius 2 is 2.00 bits per heavy atom. The molecule has 2 heteroatoms. The maximum Gasteiger partial charge on any atom is 0.00202 e. The van der Waals surface area contributed by atoms with Gasteiger partial charge in [0.2, 0.25) is 0 Å². The van der Waals surface area contributed by atoms with Crippen molar-refractivity contribution in [3.63, 3.8) is 0 Å². The van der Waals surface area contributed by atoms with Gasteiger partial charge in [0.15, 0.2) is 0 Å². The molecule has 1 nitrogen and oxygen atoms in total. The molecule has 0 aliphatic heterocycles. The van der Waals surface area contributed by atoms with Crippen molar-refractivity contribution in [3.8, 4) is 0 Å². The molecule has 0 saturated carbocycles. The summed E-state index contributed by atoms with van der Waals surface area (Å²) in [6.45, 7) is 11.2. The lowest BCUT2D eigenvalue weighted by molar-refractivity contribution is 0.498. The zero-order valence-electron chi connectivity index (χ0n) is 13.6. The number of benzene rings is 1. The Kier molecular flexibility index (Phi) is 9.04. The van der Waals surface area contributed by atoms with Crippen molar-refractivity contribution < 1.29 is 0 Å². The second-order valence-corrected chi connectivity index (χ2v) is 7.40. The molecular weight excluding hydrogens is 262 g/mol. The third kappa shape index (κ3) is 7.35. The van der Waals surface area contributed by atoms with Gasteiger partial charge in [0.25, 0.3) is 0 Å². The van der Waals surface area contributed by atoms with Gasteiger partial charge in [-0.2, -0.15) is 11.8 Å². The van der Waals surface area contributed by atoms with E-state index in [0.717, 1.165) is 19.0 Å². The minimum absolute atomic E-state index is 0.658. The molecule has 1 aromatic rings. The van der Waals surface area contributed by atoms with Crippen molar-refractivity contribution in [3.05, 3.63) is 35.4 Å². The smallest absolute Gasteiger partial charge is 0.00202 e. The second-order valence-electron chi connectivity index (χ2n) is 6.00. The molecule has 0 aliphatic rings. The summed E-state index contributed by atoms with van der Waals surface area (Å²) in [5.41, 5.74) is 2.88. The number of aryl methyl sites for hydroxylation is 1. The zero-order valence-corrected chi connectivity index (χ0v) is 14.4. The van der Waals surface area contributed by atoms with Crippen LogP contribution in [0.3, 0.4) is 0 Å². The summed E-state index contributed by atoms with van der Waals surface area (Å²) in [7, 11) is 0. The molecule has 1 rings (SSSR count). The van der Waals surface area contributed by atoms with Crippen LogP contribution in [0.25, 0.3) is 0 Å². The molecule has 0 spiro atoms. The van der Waals surface area contributed by atoms with Gasteiger partial charge >= 0.3 is 0 Å². The molecule has 1 N–H and O–H groups in total. The molecule has 0 amide bonds. The molecule has 0 radical (unpaired) electrons. The minimum Gasteiger partial charge on any atom is -0.316 e. The lowest BCUT2D eigenvalue weighted by Crippen LogP contribution is -2.25. The van der Waals surface area contributed by atoms with Crippen LogP contribution in [0, 0.1) is 12.8 Å². The highest BCUT2D eigenvalue weighted by Crippen LogP contribution is 2.22. The first kappa shape index (κ1) is 17.6. The fourth-order valence-electron chi connectivity index (χ4n) is 2.43. The molecule has 0 aliphatic carbocycles. The van der Waals surface area contributed by atoms with Gasteiger partial charge in [0.05, 0.1) is 0 Å². The molecule has 20 heavy (non-hydrogen) atoms. The standard InChI is InChI=1S/C18H31NS/c1-5-20-11-7-10-18(14-19-13-15(2)3)17-9-6-8-16(4)12-17/h6,8-9,12,15,18-19H,5,7,10-11,13-14H2,1-4H3. The Labute approximate surface area is 129 Å². The van der Waals surface area contributed by atoms with Crippen LogP contribution in [0.1, 0.15) is 50.7 Å². The predicted molar refractivity (Wildman–Crippen MR) is 93.9 cm³/mol. The van der Waals surface area contributed by atoms with E-state index in [9.17, 15) is 0 Å². The Balaban J connectivity index is 2.53.